The van der Waals surface area contributed by atoms with E-state index in [1.54, 1.807) is 14.2 Å². The second-order valence-corrected chi connectivity index (χ2v) is 5.08. The number of aromatic hydroxyl groups is 1. The minimum absolute atomic E-state index is 0.125. The summed E-state index contributed by atoms with van der Waals surface area (Å²) in [4.78, 5) is 2.20. The average Bonchev–Trinajstić information content (AvgIpc) is 2.50. The number of methoxy groups -OCH3 is 2. The Hall–Kier alpha value is -1.30. The van der Waals surface area contributed by atoms with E-state index in [4.69, 9.17) is 9.47 Å². The number of benzene rings is 1. The minimum Gasteiger partial charge on any atom is -0.508 e. The summed E-state index contributed by atoms with van der Waals surface area (Å²) >= 11 is 0. The van der Waals surface area contributed by atoms with Crippen molar-refractivity contribution >= 4 is 5.69 Å². The van der Waals surface area contributed by atoms with Gasteiger partial charge in [-0.1, -0.05) is 6.07 Å². The molecule has 0 bridgehead atoms. The van der Waals surface area contributed by atoms with Crippen molar-refractivity contribution in [3.05, 3.63) is 23.8 Å². The SMILES string of the molecule is CNC(C)c1ccc(N(CCCOC)CCOC)cc1O. The van der Waals surface area contributed by atoms with E-state index < -0.39 is 0 Å². The molecular formula is C16H28N2O3. The van der Waals surface area contributed by atoms with Crippen molar-refractivity contribution in [2.24, 2.45) is 0 Å². The number of rotatable bonds is 10. The lowest BCUT2D eigenvalue weighted by atomic mass is 10.1. The fraction of sp³-hybridized carbons (Fsp3) is 0.625. The molecule has 1 unspecified atom stereocenters. The molecule has 5 nitrogen and oxygen atoms in total. The third-order valence-electron chi connectivity index (χ3n) is 3.62. The van der Waals surface area contributed by atoms with Crippen molar-refractivity contribution in [2.45, 2.75) is 19.4 Å². The molecule has 0 aliphatic heterocycles. The summed E-state index contributed by atoms with van der Waals surface area (Å²) in [6.45, 7) is 5.07. The van der Waals surface area contributed by atoms with Crippen LogP contribution < -0.4 is 10.2 Å². The van der Waals surface area contributed by atoms with Crippen LogP contribution in [-0.4, -0.2) is 52.7 Å². The normalized spacial score (nSPS) is 12.4. The lowest BCUT2D eigenvalue weighted by Gasteiger charge is -2.25. The predicted molar refractivity (Wildman–Crippen MR) is 86.2 cm³/mol. The van der Waals surface area contributed by atoms with Crippen LogP contribution in [0.2, 0.25) is 0 Å². The van der Waals surface area contributed by atoms with Gasteiger partial charge in [0.2, 0.25) is 0 Å². The van der Waals surface area contributed by atoms with E-state index in [9.17, 15) is 5.11 Å². The van der Waals surface area contributed by atoms with Gasteiger partial charge in [0.25, 0.3) is 0 Å². The van der Waals surface area contributed by atoms with Gasteiger partial charge in [-0.05, 0) is 26.5 Å². The highest BCUT2D eigenvalue weighted by atomic mass is 16.5. The molecule has 0 spiro atoms. The molecule has 1 atom stereocenters. The number of hydrogen-bond acceptors (Lipinski definition) is 5. The molecule has 1 aromatic rings. The molecule has 1 rings (SSSR count). The Labute approximate surface area is 127 Å². The zero-order valence-electron chi connectivity index (χ0n) is 13.6. The monoisotopic (exact) mass is 296 g/mol. The van der Waals surface area contributed by atoms with Crippen LogP contribution in [0.15, 0.2) is 18.2 Å². The number of nitrogens with one attached hydrogen (secondary N) is 1. The Bertz CT molecular complexity index is 413. The van der Waals surface area contributed by atoms with Crippen LogP contribution in [0, 0.1) is 0 Å². The maximum Gasteiger partial charge on any atom is 0.122 e. The van der Waals surface area contributed by atoms with Gasteiger partial charge >= 0.3 is 0 Å². The number of hydrogen-bond donors (Lipinski definition) is 2. The molecule has 0 fully saturated rings. The maximum absolute atomic E-state index is 10.2. The molecule has 0 saturated carbocycles. The first kappa shape index (κ1) is 17.8. The summed E-state index contributed by atoms with van der Waals surface area (Å²) in [5.41, 5.74) is 1.91. The van der Waals surface area contributed by atoms with Crippen molar-refractivity contribution in [3.63, 3.8) is 0 Å². The van der Waals surface area contributed by atoms with E-state index >= 15 is 0 Å². The van der Waals surface area contributed by atoms with E-state index in [1.165, 1.54) is 0 Å². The van der Waals surface area contributed by atoms with E-state index in [2.05, 4.69) is 10.2 Å². The summed E-state index contributed by atoms with van der Waals surface area (Å²) < 4.78 is 10.3. The smallest absolute Gasteiger partial charge is 0.122 e. The van der Waals surface area contributed by atoms with Gasteiger partial charge in [-0.3, -0.25) is 0 Å². The summed E-state index contributed by atoms with van der Waals surface area (Å²) in [6, 6.07) is 5.97. The zero-order valence-corrected chi connectivity index (χ0v) is 13.6. The van der Waals surface area contributed by atoms with Gasteiger partial charge in [0.15, 0.2) is 0 Å². The topological polar surface area (TPSA) is 54.0 Å². The van der Waals surface area contributed by atoms with Gasteiger partial charge in [0, 0.05) is 57.3 Å². The lowest BCUT2D eigenvalue weighted by molar-refractivity contribution is 0.191. The molecule has 0 aliphatic rings. The molecule has 0 heterocycles. The molecule has 120 valence electrons. The third kappa shape index (κ3) is 5.53. The van der Waals surface area contributed by atoms with Crippen LogP contribution >= 0.6 is 0 Å². The second kappa shape index (κ2) is 9.60. The second-order valence-electron chi connectivity index (χ2n) is 5.08. The van der Waals surface area contributed by atoms with Crippen LogP contribution in [0.5, 0.6) is 5.75 Å². The summed E-state index contributed by atoms with van der Waals surface area (Å²) in [7, 11) is 5.29. The maximum atomic E-state index is 10.2. The van der Waals surface area contributed by atoms with Crippen molar-refractivity contribution in [1.82, 2.24) is 5.32 Å². The Morgan fingerprint density at radius 1 is 1.19 bits per heavy atom. The van der Waals surface area contributed by atoms with Crippen LogP contribution in [0.3, 0.4) is 0 Å². The van der Waals surface area contributed by atoms with Crippen LogP contribution in [0.4, 0.5) is 5.69 Å². The fourth-order valence-corrected chi connectivity index (χ4v) is 2.22. The van der Waals surface area contributed by atoms with Crippen molar-refractivity contribution < 1.29 is 14.6 Å². The molecule has 0 aliphatic carbocycles. The summed E-state index contributed by atoms with van der Waals surface area (Å²) in [6.07, 6.45) is 0.940. The highest BCUT2D eigenvalue weighted by Crippen LogP contribution is 2.29. The summed E-state index contributed by atoms with van der Waals surface area (Å²) in [5.74, 6) is 0.323. The third-order valence-corrected chi connectivity index (χ3v) is 3.62. The first-order chi connectivity index (χ1) is 10.1. The molecular weight excluding hydrogens is 268 g/mol. The molecule has 5 heteroatoms. The van der Waals surface area contributed by atoms with Gasteiger partial charge in [-0.25, -0.2) is 0 Å². The number of phenols is 1. The van der Waals surface area contributed by atoms with Gasteiger partial charge in [0.05, 0.1) is 6.61 Å². The van der Waals surface area contributed by atoms with Gasteiger partial charge < -0.3 is 24.8 Å². The molecule has 1 aromatic carbocycles. The van der Waals surface area contributed by atoms with Crippen LogP contribution in [-0.2, 0) is 9.47 Å². The Balaban J connectivity index is 2.83. The van der Waals surface area contributed by atoms with E-state index in [0.717, 1.165) is 37.4 Å². The number of phenolic OH excluding ortho intramolecular Hbond substituents is 1. The minimum atomic E-state index is 0.125. The Morgan fingerprint density at radius 2 is 1.90 bits per heavy atom. The lowest BCUT2D eigenvalue weighted by Crippen LogP contribution is -2.29. The molecule has 0 radical (unpaired) electrons. The van der Waals surface area contributed by atoms with Crippen molar-refractivity contribution in [2.75, 3.05) is 52.5 Å². The van der Waals surface area contributed by atoms with Crippen molar-refractivity contribution in [3.8, 4) is 5.75 Å². The Morgan fingerprint density at radius 3 is 2.48 bits per heavy atom. The number of anilines is 1. The van der Waals surface area contributed by atoms with Gasteiger partial charge in [-0.2, -0.15) is 0 Å². The largest absolute Gasteiger partial charge is 0.508 e. The predicted octanol–water partition coefficient (Wildman–Crippen LogP) is 2.16. The molecule has 21 heavy (non-hydrogen) atoms. The van der Waals surface area contributed by atoms with E-state index in [0.29, 0.717) is 12.4 Å². The molecule has 2 N–H and O–H groups in total. The first-order valence-electron chi connectivity index (χ1n) is 7.37. The Kier molecular flexibility index (Phi) is 8.12. The van der Waals surface area contributed by atoms with E-state index in [-0.39, 0.29) is 6.04 Å². The van der Waals surface area contributed by atoms with Crippen LogP contribution in [0.1, 0.15) is 24.9 Å². The molecule has 0 amide bonds. The summed E-state index contributed by atoms with van der Waals surface area (Å²) in [5, 5.41) is 13.4. The van der Waals surface area contributed by atoms with Crippen molar-refractivity contribution in [1.29, 1.82) is 0 Å². The average molecular weight is 296 g/mol. The zero-order chi connectivity index (χ0) is 15.7. The highest BCUT2D eigenvalue weighted by Gasteiger charge is 2.12. The van der Waals surface area contributed by atoms with Gasteiger partial charge in [-0.15, -0.1) is 0 Å². The highest BCUT2D eigenvalue weighted by molar-refractivity contribution is 5.54. The van der Waals surface area contributed by atoms with Gasteiger partial charge in [0.1, 0.15) is 5.75 Å². The standard InChI is InChI=1S/C16H28N2O3/c1-13(17-2)15-7-6-14(12-16(15)19)18(9-11-21-4)8-5-10-20-3/h6-7,12-13,17,19H,5,8-11H2,1-4H3. The molecule has 0 aromatic heterocycles. The van der Waals surface area contributed by atoms with Crippen LogP contribution in [0.25, 0.3) is 0 Å². The fourth-order valence-electron chi connectivity index (χ4n) is 2.22. The van der Waals surface area contributed by atoms with E-state index in [1.807, 2.05) is 32.2 Å². The molecule has 0 saturated heterocycles. The first-order valence-corrected chi connectivity index (χ1v) is 7.37. The quantitative estimate of drug-likeness (QED) is 0.648. The number of nitrogens with zero attached hydrogens (tertiary/aromatic N) is 1. The number of ether oxygens (including phenoxy) is 2.